The van der Waals surface area contributed by atoms with Gasteiger partial charge in [0.2, 0.25) is 0 Å². The maximum atomic E-state index is 13.0. The van der Waals surface area contributed by atoms with Gasteiger partial charge in [-0.25, -0.2) is 0 Å². The van der Waals surface area contributed by atoms with Crippen molar-refractivity contribution in [3.63, 3.8) is 0 Å². The fourth-order valence-electron chi connectivity index (χ4n) is 4.06. The van der Waals surface area contributed by atoms with E-state index in [9.17, 15) is 30.3 Å². The summed E-state index contributed by atoms with van der Waals surface area (Å²) in [5.74, 6) is -0.770. The molecule has 9 heteroatoms. The van der Waals surface area contributed by atoms with Gasteiger partial charge in [0, 0.05) is 23.2 Å². The molecule has 0 radical (unpaired) electrons. The van der Waals surface area contributed by atoms with Gasteiger partial charge in [-0.1, -0.05) is 24.3 Å². The Kier molecular flexibility index (Phi) is 6.92. The second kappa shape index (κ2) is 9.88. The van der Waals surface area contributed by atoms with Gasteiger partial charge in [0.15, 0.2) is 5.78 Å². The van der Waals surface area contributed by atoms with Crippen LogP contribution in [0.1, 0.15) is 27.6 Å². The summed E-state index contributed by atoms with van der Waals surface area (Å²) in [6, 6.07) is 11.7. The number of nitrogens with zero attached hydrogens (tertiary/aromatic N) is 1. The van der Waals surface area contributed by atoms with Crippen LogP contribution in [0.15, 0.2) is 54.7 Å². The van der Waals surface area contributed by atoms with Gasteiger partial charge in [-0.15, -0.1) is 0 Å². The first-order chi connectivity index (χ1) is 16.3. The number of phenolic OH excluding ortho intramolecular Hbond substituents is 1. The van der Waals surface area contributed by atoms with Crippen molar-refractivity contribution >= 4 is 22.8 Å². The minimum atomic E-state index is -1.60. The predicted molar refractivity (Wildman–Crippen MR) is 122 cm³/mol. The number of carbonyl (C=O) groups is 1. The van der Waals surface area contributed by atoms with Crippen molar-refractivity contribution in [2.24, 2.45) is 0 Å². The molecule has 0 saturated carbocycles. The number of pyridine rings is 1. The Bertz CT molecular complexity index is 1220. The van der Waals surface area contributed by atoms with Gasteiger partial charge in [-0.05, 0) is 29.8 Å². The third-order valence-corrected chi connectivity index (χ3v) is 5.91. The summed E-state index contributed by atoms with van der Waals surface area (Å²) in [5.41, 5.74) is 1.63. The van der Waals surface area contributed by atoms with Gasteiger partial charge < -0.3 is 35.0 Å². The molecule has 34 heavy (non-hydrogen) atoms. The Labute approximate surface area is 195 Å². The van der Waals surface area contributed by atoms with Crippen LogP contribution in [-0.2, 0) is 4.74 Å². The highest BCUT2D eigenvalue weighted by molar-refractivity contribution is 6.09. The van der Waals surface area contributed by atoms with E-state index in [1.165, 1.54) is 25.3 Å². The molecule has 9 nitrogen and oxygen atoms in total. The SMILES string of the molecule is COc1cc(O)c(C(=O)C=Cc2ccnc3ccccc23)cc1C1OC(CO)C(O)C(O)C1O. The number of aliphatic hydroxyl groups is 4. The van der Waals surface area contributed by atoms with Gasteiger partial charge in [0.05, 0.1) is 24.8 Å². The lowest BCUT2D eigenvalue weighted by molar-refractivity contribution is -0.232. The Hall–Kier alpha value is -3.34. The molecular weight excluding hydrogens is 442 g/mol. The molecule has 5 unspecified atom stereocenters. The number of rotatable bonds is 6. The van der Waals surface area contributed by atoms with Gasteiger partial charge in [-0.3, -0.25) is 9.78 Å². The Balaban J connectivity index is 1.70. The van der Waals surface area contributed by atoms with Crippen molar-refractivity contribution in [1.29, 1.82) is 0 Å². The van der Waals surface area contributed by atoms with Crippen LogP contribution in [-0.4, -0.2) is 74.4 Å². The van der Waals surface area contributed by atoms with E-state index in [4.69, 9.17) is 9.47 Å². The van der Waals surface area contributed by atoms with E-state index in [0.29, 0.717) is 0 Å². The van der Waals surface area contributed by atoms with Gasteiger partial charge in [0.1, 0.15) is 42.0 Å². The summed E-state index contributed by atoms with van der Waals surface area (Å²) < 4.78 is 10.9. The normalized spacial score (nSPS) is 25.0. The topological polar surface area (TPSA) is 150 Å². The minimum absolute atomic E-state index is 0.0811. The second-order valence-corrected chi connectivity index (χ2v) is 7.98. The van der Waals surface area contributed by atoms with Crippen molar-refractivity contribution in [1.82, 2.24) is 4.98 Å². The van der Waals surface area contributed by atoms with E-state index in [-0.39, 0.29) is 22.6 Å². The fourth-order valence-corrected chi connectivity index (χ4v) is 4.06. The molecule has 1 saturated heterocycles. The third kappa shape index (κ3) is 4.39. The van der Waals surface area contributed by atoms with Crippen molar-refractivity contribution in [3.8, 4) is 11.5 Å². The lowest BCUT2D eigenvalue weighted by Crippen LogP contribution is -2.55. The monoisotopic (exact) mass is 467 g/mol. The molecule has 0 amide bonds. The predicted octanol–water partition coefficient (Wildman–Crippen LogP) is 1.36. The molecule has 178 valence electrons. The minimum Gasteiger partial charge on any atom is -0.507 e. The smallest absolute Gasteiger partial charge is 0.189 e. The van der Waals surface area contributed by atoms with E-state index in [1.807, 2.05) is 24.3 Å². The maximum absolute atomic E-state index is 13.0. The number of phenols is 1. The number of methoxy groups -OCH3 is 1. The molecule has 5 atom stereocenters. The first-order valence-corrected chi connectivity index (χ1v) is 10.6. The zero-order chi connectivity index (χ0) is 24.4. The number of benzene rings is 2. The Morgan fingerprint density at radius 3 is 2.62 bits per heavy atom. The number of aromatic hydroxyl groups is 1. The number of ether oxygens (including phenoxy) is 2. The van der Waals surface area contributed by atoms with Crippen molar-refractivity contribution in [2.75, 3.05) is 13.7 Å². The van der Waals surface area contributed by atoms with E-state index in [2.05, 4.69) is 4.98 Å². The molecule has 3 aromatic rings. The Morgan fingerprint density at radius 2 is 1.88 bits per heavy atom. The number of hydrogen-bond donors (Lipinski definition) is 5. The highest BCUT2D eigenvalue weighted by Gasteiger charge is 2.45. The quantitative estimate of drug-likeness (QED) is 0.267. The molecule has 0 bridgehead atoms. The summed E-state index contributed by atoms with van der Waals surface area (Å²) >= 11 is 0. The van der Waals surface area contributed by atoms with Crippen LogP contribution in [0.2, 0.25) is 0 Å². The maximum Gasteiger partial charge on any atom is 0.189 e. The van der Waals surface area contributed by atoms with Crippen LogP contribution in [0.4, 0.5) is 0 Å². The van der Waals surface area contributed by atoms with Crippen LogP contribution in [0.25, 0.3) is 17.0 Å². The molecule has 4 rings (SSSR count). The van der Waals surface area contributed by atoms with E-state index >= 15 is 0 Å². The number of hydrogen-bond acceptors (Lipinski definition) is 9. The van der Waals surface area contributed by atoms with E-state index in [0.717, 1.165) is 16.5 Å². The number of para-hydroxylation sites is 1. The van der Waals surface area contributed by atoms with Crippen molar-refractivity contribution in [3.05, 3.63) is 71.4 Å². The van der Waals surface area contributed by atoms with E-state index < -0.39 is 42.9 Å². The summed E-state index contributed by atoms with van der Waals surface area (Å²) in [6.45, 7) is -0.601. The molecule has 1 aromatic heterocycles. The lowest BCUT2D eigenvalue weighted by atomic mass is 9.89. The number of aliphatic hydroxyl groups excluding tert-OH is 4. The molecule has 2 aromatic carbocycles. The van der Waals surface area contributed by atoms with Gasteiger partial charge in [0.25, 0.3) is 0 Å². The molecule has 2 heterocycles. The standard InChI is InChI=1S/C25H25NO8/c1-33-20-11-19(29)15(10-16(20)25-24(32)23(31)22(30)21(12-27)34-25)18(28)7-6-13-8-9-26-17-5-3-2-4-14(13)17/h2-11,21-25,27,29-32H,12H2,1H3. The largest absolute Gasteiger partial charge is 0.507 e. The average Bonchev–Trinajstić information content (AvgIpc) is 2.86. The second-order valence-electron chi connectivity index (χ2n) is 7.98. The van der Waals surface area contributed by atoms with Crippen LogP contribution in [0.3, 0.4) is 0 Å². The molecular formula is C25H25NO8. The molecule has 1 fully saturated rings. The summed E-state index contributed by atoms with van der Waals surface area (Å²) in [4.78, 5) is 17.3. The average molecular weight is 467 g/mol. The van der Waals surface area contributed by atoms with Crippen LogP contribution < -0.4 is 4.74 Å². The fraction of sp³-hybridized carbons (Fsp3) is 0.280. The molecule has 0 spiro atoms. The lowest BCUT2D eigenvalue weighted by Gasteiger charge is -2.40. The zero-order valence-corrected chi connectivity index (χ0v) is 18.3. The van der Waals surface area contributed by atoms with Crippen molar-refractivity contribution in [2.45, 2.75) is 30.5 Å². The summed E-state index contributed by atoms with van der Waals surface area (Å²) in [7, 11) is 1.33. The van der Waals surface area contributed by atoms with E-state index in [1.54, 1.807) is 18.3 Å². The molecule has 1 aliphatic rings. The Morgan fingerprint density at radius 1 is 1.12 bits per heavy atom. The number of ketones is 1. The molecule has 0 aliphatic carbocycles. The third-order valence-electron chi connectivity index (χ3n) is 5.91. The highest BCUT2D eigenvalue weighted by Crippen LogP contribution is 2.40. The first-order valence-electron chi connectivity index (χ1n) is 10.6. The highest BCUT2D eigenvalue weighted by atomic mass is 16.5. The van der Waals surface area contributed by atoms with Crippen LogP contribution >= 0.6 is 0 Å². The van der Waals surface area contributed by atoms with Crippen molar-refractivity contribution < 1.29 is 39.8 Å². The number of allylic oxidation sites excluding steroid dienone is 1. The molecule has 1 aliphatic heterocycles. The number of aromatic nitrogens is 1. The van der Waals surface area contributed by atoms with Crippen LogP contribution in [0, 0.1) is 0 Å². The molecule has 5 N–H and O–H groups in total. The summed E-state index contributed by atoms with van der Waals surface area (Å²) in [6.07, 6.45) is -2.52. The number of carbonyl (C=O) groups excluding carboxylic acids is 1. The first kappa shape index (κ1) is 23.8. The number of fused-ring (bicyclic) bond motifs is 1. The van der Waals surface area contributed by atoms with Gasteiger partial charge >= 0.3 is 0 Å². The van der Waals surface area contributed by atoms with Crippen LogP contribution in [0.5, 0.6) is 11.5 Å². The zero-order valence-electron chi connectivity index (χ0n) is 18.3. The summed E-state index contributed by atoms with van der Waals surface area (Å²) in [5, 5.41) is 51.5. The van der Waals surface area contributed by atoms with Gasteiger partial charge in [-0.2, -0.15) is 0 Å².